The Morgan fingerprint density at radius 1 is 0.438 bits per heavy atom. The molecule has 7 heteroatoms. The van der Waals surface area contributed by atoms with Crippen LogP contribution in [0.4, 0.5) is 0 Å². The van der Waals surface area contributed by atoms with Crippen molar-refractivity contribution < 1.29 is 7.85 Å². The Bertz CT molecular complexity index is 4070. The van der Waals surface area contributed by atoms with Crippen molar-refractivity contribution in [3.05, 3.63) is 191 Å². The number of fused-ring (bicyclic) bond motifs is 2. The molecule has 0 bridgehead atoms. The molecule has 0 fully saturated rings. The molecule has 0 aliphatic carbocycles. The Kier molecular flexibility index (Phi) is 13.3. The first kappa shape index (κ1) is 53.3. The highest BCUT2D eigenvalue weighted by Gasteiger charge is 2.31. The summed E-state index contributed by atoms with van der Waals surface area (Å²) in [6.45, 7) is 39.6. The third-order valence-electron chi connectivity index (χ3n) is 15.5. The highest BCUT2D eigenvalue weighted by Crippen LogP contribution is 2.47. The van der Waals surface area contributed by atoms with Gasteiger partial charge in [0.15, 0.2) is 0 Å². The summed E-state index contributed by atoms with van der Waals surface area (Å²) in [5.41, 5.74) is 17.6. The average molecular weight is 1080 g/mol. The fourth-order valence-electron chi connectivity index (χ4n) is 10.9. The largest absolute Gasteiger partial charge is 0.507 e. The monoisotopic (exact) mass is 1080 g/mol. The van der Waals surface area contributed by atoms with Crippen molar-refractivity contribution in [1.82, 2.24) is 24.1 Å². The number of phenolic OH excluding ortho intramolecular Hbond substituents is 1. The van der Waals surface area contributed by atoms with E-state index in [9.17, 15) is 7.85 Å². The first-order valence-corrected chi connectivity index (χ1v) is 32.0. The number of nitrogens with zero attached hydrogens (tertiary/aromatic N) is 5. The molecule has 0 unspecified atom stereocenters. The second-order valence-corrected chi connectivity index (χ2v) is 33.1. The molecular weight excluding hydrogens is 991 g/mol. The molecular formula is C73H83N5OSi. The van der Waals surface area contributed by atoms with Crippen LogP contribution < -0.4 is 0 Å². The zero-order chi connectivity index (χ0) is 59.4. The van der Waals surface area contributed by atoms with Gasteiger partial charge >= 0.3 is 0 Å². The number of hydrogen-bond donors (Lipinski definition) is 1. The maximum Gasteiger partial charge on any atom is 0.149 e. The molecule has 1 N–H and O–H groups in total. The van der Waals surface area contributed by atoms with Gasteiger partial charge in [-0.05, 0) is 127 Å². The third-order valence-corrected chi connectivity index (χ3v) is 16.5. The summed E-state index contributed by atoms with van der Waals surface area (Å²) < 4.78 is 23.3. The molecule has 0 saturated carbocycles. The van der Waals surface area contributed by atoms with Gasteiger partial charge in [0.25, 0.3) is 0 Å². The molecule has 0 amide bonds. The van der Waals surface area contributed by atoms with Crippen molar-refractivity contribution in [1.29, 1.82) is 0 Å². The van der Waals surface area contributed by atoms with E-state index >= 15 is 0 Å². The molecule has 80 heavy (non-hydrogen) atoms. The minimum atomic E-state index is -2.41. The van der Waals surface area contributed by atoms with Crippen LogP contribution >= 0.6 is 0 Å². The van der Waals surface area contributed by atoms with Gasteiger partial charge in [0.2, 0.25) is 0 Å². The summed E-state index contributed by atoms with van der Waals surface area (Å²) in [4.78, 5) is 16.4. The van der Waals surface area contributed by atoms with Crippen LogP contribution in [-0.4, -0.2) is 37.3 Å². The van der Waals surface area contributed by atoms with Crippen molar-refractivity contribution in [3.63, 3.8) is 0 Å². The Labute approximate surface area is 480 Å². The van der Waals surface area contributed by atoms with E-state index in [1.165, 1.54) is 11.1 Å². The van der Waals surface area contributed by atoms with Crippen LogP contribution in [0.5, 0.6) is 5.75 Å². The summed E-state index contributed by atoms with van der Waals surface area (Å²) in [5.74, 6) is -0.00752. The van der Waals surface area contributed by atoms with Crippen molar-refractivity contribution in [2.24, 2.45) is 0 Å². The molecule has 0 radical (unpaired) electrons. The Morgan fingerprint density at radius 2 is 0.938 bits per heavy atom. The molecule has 0 spiro atoms. The fourth-order valence-corrected chi connectivity index (χ4v) is 11.8. The van der Waals surface area contributed by atoms with Crippen molar-refractivity contribution in [2.75, 3.05) is 0 Å². The number of aromatic hydroxyl groups is 1. The number of imidazole rings is 2. The van der Waals surface area contributed by atoms with Gasteiger partial charge in [-0.25, -0.2) is 9.97 Å². The lowest BCUT2D eigenvalue weighted by atomic mass is 9.79. The van der Waals surface area contributed by atoms with E-state index in [1.54, 1.807) is 0 Å². The Hall–Kier alpha value is -7.35. The lowest BCUT2D eigenvalue weighted by molar-refractivity contribution is 0.446. The van der Waals surface area contributed by atoms with E-state index < -0.39 is 14.1 Å². The van der Waals surface area contributed by atoms with E-state index in [1.807, 2.05) is 12.3 Å². The van der Waals surface area contributed by atoms with Gasteiger partial charge in [-0.15, -0.1) is 0 Å². The van der Waals surface area contributed by atoms with Crippen LogP contribution in [-0.2, 0) is 33.1 Å². The first-order chi connectivity index (χ1) is 38.1. The molecule has 10 aromatic rings. The normalized spacial score (nSPS) is 13.5. The number of aromatic nitrogens is 5. The summed E-state index contributed by atoms with van der Waals surface area (Å²) in [6.07, 6.45) is 1.84. The predicted octanol–water partition coefficient (Wildman–Crippen LogP) is 19.7. The molecule has 0 saturated heterocycles. The topological polar surface area (TPSA) is 68.8 Å². The molecule has 0 aliphatic rings. The second-order valence-electron chi connectivity index (χ2n) is 28.3. The molecule has 6 nitrogen and oxygen atoms in total. The van der Waals surface area contributed by atoms with Crippen molar-refractivity contribution in [2.45, 2.75) is 157 Å². The number of pyridine rings is 1. The van der Waals surface area contributed by atoms with Crippen LogP contribution in [0.15, 0.2) is 158 Å². The van der Waals surface area contributed by atoms with E-state index in [0.29, 0.717) is 22.6 Å². The molecule has 7 aromatic carbocycles. The SMILES string of the molecule is [2H]C([2H])(c1cc2nc(-c3cc(-c4cccc5c4nc(-c4cc(C(C)(C)C)cc(C(C)(C)C)c4O)n5-c4ccc(C(C)(C)C)cc4-c4ccccc4)cc(C(C)(C)C)c3)n(-c3ccc(C(C)(C)C)cc3-c3ccccc3)c2cn1)[Si](C)(C)C. The minimum absolute atomic E-state index is 0.118. The molecule has 3 aromatic heterocycles. The molecule has 0 atom stereocenters. The summed E-state index contributed by atoms with van der Waals surface area (Å²) in [5, 5.41) is 12.8. The van der Waals surface area contributed by atoms with Crippen LogP contribution in [0.3, 0.4) is 0 Å². The minimum Gasteiger partial charge on any atom is -0.507 e. The summed E-state index contributed by atoms with van der Waals surface area (Å²) in [6, 6.07) is 54.3. The van der Waals surface area contributed by atoms with Gasteiger partial charge < -0.3 is 5.11 Å². The zero-order valence-corrected chi connectivity index (χ0v) is 51.7. The molecule has 410 valence electrons. The number of para-hydroxylation sites is 1. The van der Waals surface area contributed by atoms with Crippen LogP contribution in [0.1, 0.15) is 140 Å². The maximum absolute atomic E-state index is 12.8. The number of rotatable bonds is 9. The third kappa shape index (κ3) is 11.0. The van der Waals surface area contributed by atoms with Crippen LogP contribution in [0, 0.1) is 0 Å². The standard InChI is InChI=1S/C73H83N5OSi/c1-69(2,3)50-32-34-61(56(39-50)46-26-21-19-22-27-46)77-63-31-25-30-55(65(63)76-68(77)58-41-53(72(10,11)12)42-59(66(58)79)73(13,14)15)48-36-49(38-52(37-48)71(7,8)9)67-75-60-43-54(45-80(16,17)18)74-44-64(60)78(67)62-35-33-51(70(4,5)6)40-57(62)47-28-23-20-24-29-47/h19-44,79H,45H2,1-18H3/i45D2. The molecule has 10 rings (SSSR count). The highest BCUT2D eigenvalue weighted by atomic mass is 28.3. The van der Waals surface area contributed by atoms with E-state index in [2.05, 4.69) is 278 Å². The van der Waals surface area contributed by atoms with Gasteiger partial charge in [0.05, 0.1) is 53.3 Å². The van der Waals surface area contributed by atoms with Gasteiger partial charge in [0, 0.05) is 36.3 Å². The lowest BCUT2D eigenvalue weighted by Gasteiger charge is -2.28. The van der Waals surface area contributed by atoms with Crippen molar-refractivity contribution >= 4 is 30.1 Å². The van der Waals surface area contributed by atoms with Gasteiger partial charge in [-0.2, -0.15) is 0 Å². The van der Waals surface area contributed by atoms with E-state index in [-0.39, 0.29) is 32.8 Å². The maximum atomic E-state index is 12.8. The van der Waals surface area contributed by atoms with Crippen LogP contribution in [0.25, 0.3) is 89.6 Å². The zero-order valence-electron chi connectivity index (χ0n) is 52.7. The lowest BCUT2D eigenvalue weighted by Crippen LogP contribution is -2.24. The Balaban J connectivity index is 1.32. The number of benzene rings is 7. The first-order valence-electron chi connectivity index (χ1n) is 29.5. The van der Waals surface area contributed by atoms with Crippen LogP contribution in [0.2, 0.25) is 19.6 Å². The molecule has 0 aliphatic heterocycles. The average Bonchev–Trinajstić information content (AvgIpc) is 4.13. The summed E-state index contributed by atoms with van der Waals surface area (Å²) in [7, 11) is -2.41. The van der Waals surface area contributed by atoms with Gasteiger partial charge in [-0.3, -0.25) is 14.1 Å². The predicted molar refractivity (Wildman–Crippen MR) is 343 cm³/mol. The van der Waals surface area contributed by atoms with Crippen molar-refractivity contribution in [3.8, 4) is 73.3 Å². The highest BCUT2D eigenvalue weighted by molar-refractivity contribution is 6.75. The van der Waals surface area contributed by atoms with E-state index in [4.69, 9.17) is 15.0 Å². The molecule has 3 heterocycles. The summed E-state index contributed by atoms with van der Waals surface area (Å²) >= 11 is 0. The van der Waals surface area contributed by atoms with E-state index in [0.717, 1.165) is 89.4 Å². The second kappa shape index (κ2) is 20.0. The smallest absolute Gasteiger partial charge is 0.149 e. The van der Waals surface area contributed by atoms with Gasteiger partial charge in [-0.1, -0.05) is 221 Å². The number of phenols is 1. The number of hydrogen-bond acceptors (Lipinski definition) is 4. The fraction of sp³-hybridized carbons (Fsp3) is 0.329. The quantitative estimate of drug-likeness (QED) is 0.146. The Morgan fingerprint density at radius 3 is 1.45 bits per heavy atom. The van der Waals surface area contributed by atoms with Gasteiger partial charge in [0.1, 0.15) is 17.4 Å².